The first-order valence-electron chi connectivity index (χ1n) is 7.58. The number of nitrogens with zero attached hydrogens (tertiary/aromatic N) is 4. The molecule has 23 heavy (non-hydrogen) atoms. The molecule has 0 aromatic carbocycles. The average molecular weight is 324 g/mol. The predicted molar refractivity (Wildman–Crippen MR) is 88.3 cm³/mol. The van der Waals surface area contributed by atoms with Gasteiger partial charge in [0.1, 0.15) is 0 Å². The maximum atomic E-state index is 12.5. The summed E-state index contributed by atoms with van der Waals surface area (Å²) in [6.07, 6.45) is 2.99. The third-order valence-corrected chi connectivity index (χ3v) is 5.18. The molecule has 1 unspecified atom stereocenters. The van der Waals surface area contributed by atoms with E-state index in [4.69, 9.17) is 0 Å². The Morgan fingerprint density at radius 1 is 1.22 bits per heavy atom. The van der Waals surface area contributed by atoms with Crippen molar-refractivity contribution in [2.24, 2.45) is 0 Å². The molecule has 5 nitrogen and oxygen atoms in total. The molecule has 3 heterocycles. The lowest BCUT2D eigenvalue weighted by Crippen LogP contribution is -2.20. The molecule has 6 heteroatoms. The number of aryl methyl sites for hydroxylation is 2. The number of ketones is 1. The number of aromatic nitrogens is 4. The third kappa shape index (κ3) is 2.49. The van der Waals surface area contributed by atoms with E-state index in [0.717, 1.165) is 23.5 Å². The quantitative estimate of drug-likeness (QED) is 0.726. The summed E-state index contributed by atoms with van der Waals surface area (Å²) >= 11 is 1.70. The van der Waals surface area contributed by atoms with Crippen LogP contribution in [0.2, 0.25) is 0 Å². The molecule has 1 atom stereocenters. The molecule has 0 bridgehead atoms. The predicted octanol–water partition coefficient (Wildman–Crippen LogP) is 3.25. The Kier molecular flexibility index (Phi) is 3.34. The summed E-state index contributed by atoms with van der Waals surface area (Å²) in [4.78, 5) is 22.7. The summed E-state index contributed by atoms with van der Waals surface area (Å²) in [6.45, 7) is 3.88. The SMILES string of the molecule is Cc1cc(C)nc(-n2ncc3c2CC(c2cccs2)CC3=O)n1. The van der Waals surface area contributed by atoms with Gasteiger partial charge in [-0.05, 0) is 37.8 Å². The molecule has 3 aromatic rings. The Labute approximate surface area is 138 Å². The van der Waals surface area contributed by atoms with E-state index < -0.39 is 0 Å². The molecule has 0 amide bonds. The van der Waals surface area contributed by atoms with Crippen LogP contribution in [0.15, 0.2) is 29.8 Å². The second kappa shape index (κ2) is 5.38. The van der Waals surface area contributed by atoms with Gasteiger partial charge in [0.2, 0.25) is 0 Å². The van der Waals surface area contributed by atoms with Crippen molar-refractivity contribution in [1.82, 2.24) is 19.7 Å². The molecule has 0 N–H and O–H groups in total. The number of hydrogen-bond donors (Lipinski definition) is 0. The van der Waals surface area contributed by atoms with Gasteiger partial charge in [-0.25, -0.2) is 14.6 Å². The molecule has 4 rings (SSSR count). The van der Waals surface area contributed by atoms with Gasteiger partial charge in [0.05, 0.1) is 17.5 Å². The van der Waals surface area contributed by atoms with Crippen molar-refractivity contribution in [2.45, 2.75) is 32.6 Å². The Morgan fingerprint density at radius 2 is 2.00 bits per heavy atom. The highest BCUT2D eigenvalue weighted by Crippen LogP contribution is 2.35. The number of rotatable bonds is 2. The smallest absolute Gasteiger partial charge is 0.251 e. The van der Waals surface area contributed by atoms with E-state index in [1.807, 2.05) is 26.0 Å². The standard InChI is InChI=1S/C17H16N4OS/c1-10-6-11(2)20-17(19-10)21-14-7-12(16-4-3-5-23-16)8-15(22)13(14)9-18-21/h3-6,9,12H,7-8H2,1-2H3. The zero-order valence-electron chi connectivity index (χ0n) is 13.0. The van der Waals surface area contributed by atoms with Crippen LogP contribution < -0.4 is 0 Å². The van der Waals surface area contributed by atoms with Crippen LogP contribution in [0.25, 0.3) is 5.95 Å². The van der Waals surface area contributed by atoms with Crippen LogP contribution in [0.1, 0.15) is 44.7 Å². The van der Waals surface area contributed by atoms with Crippen molar-refractivity contribution in [1.29, 1.82) is 0 Å². The third-order valence-electron chi connectivity index (χ3n) is 4.15. The average Bonchev–Trinajstić information content (AvgIpc) is 3.15. The molecule has 116 valence electrons. The van der Waals surface area contributed by atoms with E-state index in [1.54, 1.807) is 22.2 Å². The van der Waals surface area contributed by atoms with E-state index in [2.05, 4.69) is 26.5 Å². The van der Waals surface area contributed by atoms with E-state index in [9.17, 15) is 4.79 Å². The molecule has 0 saturated heterocycles. The van der Waals surface area contributed by atoms with Crippen molar-refractivity contribution in [2.75, 3.05) is 0 Å². The van der Waals surface area contributed by atoms with Gasteiger partial charge in [0, 0.05) is 28.6 Å². The number of carbonyl (C=O) groups excluding carboxylic acids is 1. The second-order valence-corrected chi connectivity index (χ2v) is 6.89. The molecule has 0 spiro atoms. The van der Waals surface area contributed by atoms with Crippen LogP contribution in [-0.4, -0.2) is 25.5 Å². The fourth-order valence-electron chi connectivity index (χ4n) is 3.14. The van der Waals surface area contributed by atoms with Gasteiger partial charge in [0.25, 0.3) is 5.95 Å². The number of thiophene rings is 1. The Hall–Kier alpha value is -2.34. The van der Waals surface area contributed by atoms with Gasteiger partial charge in [-0.3, -0.25) is 4.79 Å². The number of fused-ring (bicyclic) bond motifs is 1. The first-order chi connectivity index (χ1) is 11.1. The molecule has 0 fully saturated rings. The van der Waals surface area contributed by atoms with Crippen LogP contribution in [0, 0.1) is 13.8 Å². The van der Waals surface area contributed by atoms with Crippen LogP contribution in [0.5, 0.6) is 0 Å². The molecule has 0 aliphatic heterocycles. The number of Topliss-reactive ketones (excluding diaryl/α,β-unsaturated/α-hetero) is 1. The molecule has 0 saturated carbocycles. The Bertz CT molecular complexity index is 862. The molecule has 0 radical (unpaired) electrons. The van der Waals surface area contributed by atoms with Crippen molar-refractivity contribution < 1.29 is 4.79 Å². The van der Waals surface area contributed by atoms with E-state index >= 15 is 0 Å². The maximum Gasteiger partial charge on any atom is 0.251 e. The lowest BCUT2D eigenvalue weighted by Gasteiger charge is -2.21. The minimum absolute atomic E-state index is 0.153. The summed E-state index contributed by atoms with van der Waals surface area (Å²) in [6, 6.07) is 6.06. The minimum atomic E-state index is 0.153. The van der Waals surface area contributed by atoms with Gasteiger partial charge in [-0.2, -0.15) is 5.10 Å². The van der Waals surface area contributed by atoms with Crippen molar-refractivity contribution in [3.63, 3.8) is 0 Å². The topological polar surface area (TPSA) is 60.7 Å². The minimum Gasteiger partial charge on any atom is -0.294 e. The van der Waals surface area contributed by atoms with Crippen LogP contribution in [0.3, 0.4) is 0 Å². The van der Waals surface area contributed by atoms with Gasteiger partial charge >= 0.3 is 0 Å². The highest BCUT2D eigenvalue weighted by atomic mass is 32.1. The van der Waals surface area contributed by atoms with E-state index in [0.29, 0.717) is 17.9 Å². The van der Waals surface area contributed by atoms with E-state index in [-0.39, 0.29) is 11.7 Å². The lowest BCUT2D eigenvalue weighted by molar-refractivity contribution is 0.0964. The summed E-state index contributed by atoms with van der Waals surface area (Å²) in [7, 11) is 0. The summed E-state index contributed by atoms with van der Waals surface area (Å²) in [5, 5.41) is 6.45. The van der Waals surface area contributed by atoms with Crippen LogP contribution in [0.4, 0.5) is 0 Å². The highest BCUT2D eigenvalue weighted by molar-refractivity contribution is 7.10. The summed E-state index contributed by atoms with van der Waals surface area (Å²) in [5.74, 6) is 0.917. The van der Waals surface area contributed by atoms with Crippen molar-refractivity contribution >= 4 is 17.1 Å². The van der Waals surface area contributed by atoms with Gasteiger partial charge in [0.15, 0.2) is 5.78 Å². The van der Waals surface area contributed by atoms with Crippen LogP contribution in [-0.2, 0) is 6.42 Å². The zero-order valence-corrected chi connectivity index (χ0v) is 13.8. The largest absolute Gasteiger partial charge is 0.294 e. The molecular formula is C17H16N4OS. The Balaban J connectivity index is 1.79. The molecule has 1 aliphatic rings. The van der Waals surface area contributed by atoms with Gasteiger partial charge in [-0.1, -0.05) is 6.07 Å². The van der Waals surface area contributed by atoms with Gasteiger partial charge in [-0.15, -0.1) is 11.3 Å². The molecule has 1 aliphatic carbocycles. The zero-order chi connectivity index (χ0) is 16.0. The van der Waals surface area contributed by atoms with E-state index in [1.165, 1.54) is 4.88 Å². The molecule has 3 aromatic heterocycles. The van der Waals surface area contributed by atoms with Crippen LogP contribution >= 0.6 is 11.3 Å². The maximum absolute atomic E-state index is 12.5. The molecular weight excluding hydrogens is 308 g/mol. The van der Waals surface area contributed by atoms with Crippen molar-refractivity contribution in [3.8, 4) is 5.95 Å². The number of carbonyl (C=O) groups is 1. The Morgan fingerprint density at radius 3 is 2.70 bits per heavy atom. The van der Waals surface area contributed by atoms with Gasteiger partial charge < -0.3 is 0 Å². The highest BCUT2D eigenvalue weighted by Gasteiger charge is 2.31. The first-order valence-corrected chi connectivity index (χ1v) is 8.46. The summed E-state index contributed by atoms with van der Waals surface area (Å²) in [5.41, 5.74) is 3.42. The number of hydrogen-bond acceptors (Lipinski definition) is 5. The fourth-order valence-corrected chi connectivity index (χ4v) is 3.97. The lowest BCUT2D eigenvalue weighted by atomic mass is 9.86. The first kappa shape index (κ1) is 14.3. The van der Waals surface area contributed by atoms with Crippen molar-refractivity contribution in [3.05, 3.63) is 57.3 Å². The monoisotopic (exact) mass is 324 g/mol. The second-order valence-electron chi connectivity index (χ2n) is 5.91. The fraction of sp³-hybridized carbons (Fsp3) is 0.294. The summed E-state index contributed by atoms with van der Waals surface area (Å²) < 4.78 is 1.73. The normalized spacial score (nSPS) is 17.3.